The number of aliphatic imine (C=N–C) groups is 2. The van der Waals surface area contributed by atoms with E-state index in [1.54, 1.807) is 0 Å². The first-order chi connectivity index (χ1) is 9.11. The van der Waals surface area contributed by atoms with Gasteiger partial charge in [-0.1, -0.05) is 0 Å². The molecule has 4 aliphatic rings. The molecule has 0 aliphatic carbocycles. The van der Waals surface area contributed by atoms with Crippen molar-refractivity contribution in [2.45, 2.75) is 30.1 Å². The maximum atomic E-state index is 11.7. The van der Waals surface area contributed by atoms with Crippen molar-refractivity contribution in [3.05, 3.63) is 0 Å². The monoisotopic (exact) mass is 268 g/mol. The molecule has 0 radical (unpaired) electrons. The van der Waals surface area contributed by atoms with Crippen LogP contribution in [0.5, 0.6) is 0 Å². The summed E-state index contributed by atoms with van der Waals surface area (Å²) in [5.41, 5.74) is -0.983. The van der Waals surface area contributed by atoms with Crippen molar-refractivity contribution in [2.75, 3.05) is 13.3 Å². The largest absolute Gasteiger partial charge is 0.394 e. The van der Waals surface area contributed by atoms with E-state index < -0.39 is 36.7 Å². The molecular weight excluding hydrogens is 256 g/mol. The standard InChI is InChI=1S/C10H12N4O5/c15-1-3-4(16)5(17)6(19-3)14-7-10(8(14)13-10)9(18)12-2-11-7/h3-6,15-17H,1-2H2,(H,12,18)/t3-,4-,5-,6-,10?/m1/s1. The molecule has 4 rings (SSSR count). The van der Waals surface area contributed by atoms with Gasteiger partial charge in [-0.15, -0.1) is 0 Å². The number of likely N-dealkylation sites (tertiary alicyclic amines) is 1. The number of amides is 1. The molecule has 9 nitrogen and oxygen atoms in total. The van der Waals surface area contributed by atoms with Crippen LogP contribution < -0.4 is 5.32 Å². The summed E-state index contributed by atoms with van der Waals surface area (Å²) in [6.07, 6.45) is -4.09. The normalized spacial score (nSPS) is 46.7. The summed E-state index contributed by atoms with van der Waals surface area (Å²) in [6.45, 7) is -0.239. The van der Waals surface area contributed by atoms with Crippen molar-refractivity contribution in [2.24, 2.45) is 9.98 Å². The summed E-state index contributed by atoms with van der Waals surface area (Å²) >= 11 is 0. The molecule has 0 bridgehead atoms. The van der Waals surface area contributed by atoms with Gasteiger partial charge in [0, 0.05) is 0 Å². The fourth-order valence-electron chi connectivity index (χ4n) is 2.82. The molecule has 4 aliphatic heterocycles. The third-order valence-corrected chi connectivity index (χ3v) is 3.90. The van der Waals surface area contributed by atoms with Gasteiger partial charge in [-0.2, -0.15) is 0 Å². The minimum absolute atomic E-state index is 0.157. The topological polar surface area (TPSA) is 127 Å². The van der Waals surface area contributed by atoms with Gasteiger partial charge >= 0.3 is 0 Å². The Balaban J connectivity index is 1.61. The number of hydrogen-bond donors (Lipinski definition) is 4. The number of carbonyl (C=O) groups excluding carboxylic acids is 1. The molecule has 0 saturated carbocycles. The number of hydrogen-bond acceptors (Lipinski definition) is 8. The van der Waals surface area contributed by atoms with Crippen LogP contribution in [0.25, 0.3) is 0 Å². The number of carbonyl (C=O) groups is 1. The highest BCUT2D eigenvalue weighted by Gasteiger charge is 2.75. The van der Waals surface area contributed by atoms with Crippen LogP contribution in [0, 0.1) is 0 Å². The van der Waals surface area contributed by atoms with E-state index in [4.69, 9.17) is 9.84 Å². The summed E-state index contributed by atoms with van der Waals surface area (Å²) in [5, 5.41) is 31.3. The van der Waals surface area contributed by atoms with Gasteiger partial charge in [0.15, 0.2) is 17.9 Å². The SMILES string of the molecule is O=C1NCN=C2N([C@@H]3O[C@H](CO)[C@@H](O)[C@H]3O)C3=NC123. The predicted molar refractivity (Wildman–Crippen MR) is 60.2 cm³/mol. The summed E-state index contributed by atoms with van der Waals surface area (Å²) in [6, 6.07) is 0. The molecule has 0 aromatic carbocycles. The number of aliphatic hydroxyl groups is 3. The molecule has 102 valence electrons. The molecule has 0 aromatic heterocycles. The van der Waals surface area contributed by atoms with Crippen molar-refractivity contribution in [1.29, 1.82) is 0 Å². The molecule has 1 amide bonds. The van der Waals surface area contributed by atoms with Crippen LogP contribution in [-0.4, -0.2) is 81.2 Å². The van der Waals surface area contributed by atoms with Gasteiger partial charge in [-0.05, 0) is 0 Å². The van der Waals surface area contributed by atoms with Crippen molar-refractivity contribution in [1.82, 2.24) is 10.2 Å². The van der Waals surface area contributed by atoms with Gasteiger partial charge in [-0.25, -0.2) is 9.98 Å². The molecule has 1 unspecified atom stereocenters. The maximum absolute atomic E-state index is 11.7. The first-order valence-electron chi connectivity index (χ1n) is 5.96. The molecule has 4 N–H and O–H groups in total. The number of amidine groups is 2. The second-order valence-corrected chi connectivity index (χ2v) is 4.89. The lowest BCUT2D eigenvalue weighted by Gasteiger charge is -2.42. The zero-order valence-corrected chi connectivity index (χ0v) is 9.72. The summed E-state index contributed by atoms with van der Waals surface area (Å²) in [4.78, 5) is 21.5. The fraction of sp³-hybridized carbons (Fsp3) is 0.700. The highest BCUT2D eigenvalue weighted by molar-refractivity contribution is 6.50. The van der Waals surface area contributed by atoms with Crippen LogP contribution in [-0.2, 0) is 9.53 Å². The predicted octanol–water partition coefficient (Wildman–Crippen LogP) is -3.62. The van der Waals surface area contributed by atoms with Gasteiger partial charge in [0.2, 0.25) is 0 Å². The van der Waals surface area contributed by atoms with Crippen LogP contribution in [0.1, 0.15) is 0 Å². The average Bonchev–Trinajstić information content (AvgIpc) is 2.94. The molecule has 5 atom stereocenters. The van der Waals surface area contributed by atoms with Crippen LogP contribution in [0.15, 0.2) is 9.98 Å². The molecule has 0 aromatic rings. The number of aliphatic hydroxyl groups excluding tert-OH is 3. The Hall–Kier alpha value is -1.55. The second-order valence-electron chi connectivity index (χ2n) is 4.89. The zero-order chi connectivity index (χ0) is 13.4. The van der Waals surface area contributed by atoms with Gasteiger partial charge < -0.3 is 25.4 Å². The molecule has 19 heavy (non-hydrogen) atoms. The maximum Gasteiger partial charge on any atom is 0.265 e. The Bertz CT molecular complexity index is 534. The zero-order valence-electron chi connectivity index (χ0n) is 9.72. The fourth-order valence-corrected chi connectivity index (χ4v) is 2.82. The first kappa shape index (κ1) is 11.3. The molecule has 2 saturated heterocycles. The lowest BCUT2D eigenvalue weighted by Crippen LogP contribution is -2.71. The third kappa shape index (κ3) is 1.12. The summed E-state index contributed by atoms with van der Waals surface area (Å²) < 4.78 is 5.40. The van der Waals surface area contributed by atoms with E-state index in [0.717, 1.165) is 0 Å². The molecule has 2 fully saturated rings. The Kier molecular flexibility index (Phi) is 1.97. The van der Waals surface area contributed by atoms with Crippen LogP contribution in [0.2, 0.25) is 0 Å². The van der Waals surface area contributed by atoms with E-state index in [1.165, 1.54) is 4.90 Å². The first-order valence-corrected chi connectivity index (χ1v) is 5.96. The van der Waals surface area contributed by atoms with E-state index in [-0.39, 0.29) is 12.6 Å². The quantitative estimate of drug-likeness (QED) is 0.409. The van der Waals surface area contributed by atoms with Gasteiger partial charge in [0.05, 0.1) is 6.61 Å². The van der Waals surface area contributed by atoms with Crippen LogP contribution in [0.3, 0.4) is 0 Å². The number of nitrogens with zero attached hydrogens (tertiary/aromatic N) is 3. The lowest BCUT2D eigenvalue weighted by molar-refractivity contribution is -0.123. The van der Waals surface area contributed by atoms with E-state index >= 15 is 0 Å². The van der Waals surface area contributed by atoms with Crippen molar-refractivity contribution >= 4 is 17.6 Å². The van der Waals surface area contributed by atoms with E-state index in [1.807, 2.05) is 0 Å². The van der Waals surface area contributed by atoms with E-state index in [0.29, 0.717) is 11.7 Å². The molecule has 9 heteroatoms. The molecular formula is C10H12N4O5. The van der Waals surface area contributed by atoms with E-state index in [9.17, 15) is 15.0 Å². The van der Waals surface area contributed by atoms with Gasteiger partial charge in [-0.3, -0.25) is 9.69 Å². The summed E-state index contributed by atoms with van der Waals surface area (Å²) in [5.74, 6) is 0.690. The Morgan fingerprint density at radius 2 is 2.21 bits per heavy atom. The highest BCUT2D eigenvalue weighted by atomic mass is 16.6. The average molecular weight is 268 g/mol. The van der Waals surface area contributed by atoms with Gasteiger partial charge in [0.1, 0.15) is 25.0 Å². The number of rotatable bonds is 2. The van der Waals surface area contributed by atoms with Crippen LogP contribution >= 0.6 is 0 Å². The lowest BCUT2D eigenvalue weighted by atomic mass is 9.92. The van der Waals surface area contributed by atoms with E-state index in [2.05, 4.69) is 15.3 Å². The smallest absolute Gasteiger partial charge is 0.265 e. The number of nitrogens with one attached hydrogen (secondary N) is 1. The Labute approximate surface area is 107 Å². The molecule has 4 heterocycles. The summed E-state index contributed by atoms with van der Waals surface area (Å²) in [7, 11) is 0. The molecule has 1 spiro atoms. The third-order valence-electron chi connectivity index (χ3n) is 3.90. The minimum Gasteiger partial charge on any atom is -0.394 e. The minimum atomic E-state index is -1.19. The van der Waals surface area contributed by atoms with Crippen molar-refractivity contribution in [3.63, 3.8) is 0 Å². The van der Waals surface area contributed by atoms with Gasteiger partial charge in [0.25, 0.3) is 11.4 Å². The van der Waals surface area contributed by atoms with Crippen molar-refractivity contribution < 1.29 is 24.9 Å². The Morgan fingerprint density at radius 1 is 1.42 bits per heavy atom. The highest BCUT2D eigenvalue weighted by Crippen LogP contribution is 2.47. The number of ether oxygens (including phenoxy) is 1. The van der Waals surface area contributed by atoms with Crippen molar-refractivity contribution in [3.8, 4) is 0 Å². The Morgan fingerprint density at radius 3 is 2.89 bits per heavy atom. The van der Waals surface area contributed by atoms with Crippen LogP contribution in [0.4, 0.5) is 0 Å². The second kappa shape index (κ2) is 3.31.